The molecule has 0 fully saturated rings. The van der Waals surface area contributed by atoms with E-state index in [0.717, 1.165) is 10.3 Å². The van der Waals surface area contributed by atoms with Crippen molar-refractivity contribution in [3.63, 3.8) is 0 Å². The number of nitrogens with zero attached hydrogens (tertiary/aromatic N) is 2. The van der Waals surface area contributed by atoms with Crippen LogP contribution in [0.25, 0.3) is 0 Å². The van der Waals surface area contributed by atoms with Gasteiger partial charge in [0, 0.05) is 12.1 Å². The molecule has 0 saturated carbocycles. The number of benzene rings is 1. The van der Waals surface area contributed by atoms with E-state index in [1.54, 1.807) is 6.07 Å². The van der Waals surface area contributed by atoms with Crippen LogP contribution in [0.1, 0.15) is 5.69 Å². The molecule has 6 nitrogen and oxygen atoms in total. The fraction of sp³-hybridized carbons (Fsp3) is 0.154. The number of halogens is 1. The number of anilines is 1. The predicted octanol–water partition coefficient (Wildman–Crippen LogP) is 3.37. The Labute approximate surface area is 124 Å². The lowest BCUT2D eigenvalue weighted by Gasteiger charge is -2.10. The summed E-state index contributed by atoms with van der Waals surface area (Å²) in [5.74, 6) is 0.547. The molecule has 0 radical (unpaired) electrons. The Morgan fingerprint density at radius 1 is 1.40 bits per heavy atom. The summed E-state index contributed by atoms with van der Waals surface area (Å²) in [5.41, 5.74) is 1.38. The van der Waals surface area contributed by atoms with Crippen LogP contribution in [0.2, 0.25) is 0 Å². The minimum Gasteiger partial charge on any atom is -0.495 e. The number of hydrogen-bond donors (Lipinski definition) is 1. The largest absolute Gasteiger partial charge is 0.495 e. The first-order chi connectivity index (χ1) is 9.60. The first-order valence-corrected chi connectivity index (χ1v) is 6.57. The first-order valence-electron chi connectivity index (χ1n) is 5.78. The first kappa shape index (κ1) is 14.3. The number of pyridine rings is 1. The highest BCUT2D eigenvalue weighted by molar-refractivity contribution is 9.10. The smallest absolute Gasteiger partial charge is 0.271 e. The van der Waals surface area contributed by atoms with E-state index >= 15 is 0 Å². The fourth-order valence-corrected chi connectivity index (χ4v) is 2.06. The molecule has 0 aliphatic carbocycles. The average Bonchev–Trinajstić information content (AvgIpc) is 2.44. The van der Waals surface area contributed by atoms with Crippen molar-refractivity contribution in [3.05, 3.63) is 56.8 Å². The van der Waals surface area contributed by atoms with Crippen molar-refractivity contribution in [3.8, 4) is 5.75 Å². The number of aromatic nitrogens is 1. The SMILES string of the molecule is COc1ccc([N+](=O)[O-])cc1NCc1cccc(Br)n1. The van der Waals surface area contributed by atoms with Crippen LogP contribution in [-0.4, -0.2) is 17.0 Å². The molecule has 0 unspecified atom stereocenters. The van der Waals surface area contributed by atoms with E-state index in [0.29, 0.717) is 18.0 Å². The molecule has 0 saturated heterocycles. The number of nitro benzene ring substituents is 1. The van der Waals surface area contributed by atoms with Crippen molar-refractivity contribution in [1.29, 1.82) is 0 Å². The van der Waals surface area contributed by atoms with E-state index in [4.69, 9.17) is 4.74 Å². The number of non-ortho nitro benzene ring substituents is 1. The second-order valence-electron chi connectivity index (χ2n) is 3.95. The van der Waals surface area contributed by atoms with Gasteiger partial charge in [-0.05, 0) is 34.1 Å². The lowest BCUT2D eigenvalue weighted by atomic mass is 10.2. The van der Waals surface area contributed by atoms with Gasteiger partial charge in [0.25, 0.3) is 5.69 Å². The van der Waals surface area contributed by atoms with Gasteiger partial charge in [0.1, 0.15) is 10.4 Å². The molecule has 2 aromatic rings. The fourth-order valence-electron chi connectivity index (χ4n) is 1.68. The van der Waals surface area contributed by atoms with Crippen molar-refractivity contribution < 1.29 is 9.66 Å². The summed E-state index contributed by atoms with van der Waals surface area (Å²) < 4.78 is 5.92. The highest BCUT2D eigenvalue weighted by atomic mass is 79.9. The van der Waals surface area contributed by atoms with Gasteiger partial charge in [0.15, 0.2) is 0 Å². The maximum Gasteiger partial charge on any atom is 0.271 e. The molecule has 0 amide bonds. The molecule has 20 heavy (non-hydrogen) atoms. The molecule has 0 atom stereocenters. The summed E-state index contributed by atoms with van der Waals surface area (Å²) in [4.78, 5) is 14.6. The summed E-state index contributed by atoms with van der Waals surface area (Å²) in [6.45, 7) is 0.441. The van der Waals surface area contributed by atoms with E-state index in [2.05, 4.69) is 26.2 Å². The number of rotatable bonds is 5. The highest BCUT2D eigenvalue weighted by Gasteiger charge is 2.11. The third-order valence-corrected chi connectivity index (χ3v) is 3.07. The summed E-state index contributed by atoms with van der Waals surface area (Å²) in [6.07, 6.45) is 0. The Morgan fingerprint density at radius 2 is 2.20 bits per heavy atom. The molecule has 0 aliphatic rings. The summed E-state index contributed by atoms with van der Waals surface area (Å²) in [6, 6.07) is 9.98. The Bertz CT molecular complexity index is 634. The van der Waals surface area contributed by atoms with Crippen LogP contribution in [0.15, 0.2) is 41.0 Å². The average molecular weight is 338 g/mol. The van der Waals surface area contributed by atoms with Gasteiger partial charge in [-0.15, -0.1) is 0 Å². The lowest BCUT2D eigenvalue weighted by molar-refractivity contribution is -0.384. The normalized spacial score (nSPS) is 10.1. The molecule has 1 aromatic heterocycles. The Hall–Kier alpha value is -2.15. The molecule has 104 valence electrons. The Kier molecular flexibility index (Phi) is 4.52. The van der Waals surface area contributed by atoms with Crippen molar-refractivity contribution in [2.45, 2.75) is 6.54 Å². The number of nitro groups is 1. The minimum absolute atomic E-state index is 0.00972. The Balaban J connectivity index is 2.19. The van der Waals surface area contributed by atoms with Crippen LogP contribution < -0.4 is 10.1 Å². The number of ether oxygens (including phenoxy) is 1. The predicted molar refractivity (Wildman–Crippen MR) is 78.9 cm³/mol. The monoisotopic (exact) mass is 337 g/mol. The topological polar surface area (TPSA) is 77.3 Å². The van der Waals surface area contributed by atoms with Crippen molar-refractivity contribution >= 4 is 27.3 Å². The van der Waals surface area contributed by atoms with E-state index in [9.17, 15) is 10.1 Å². The maximum absolute atomic E-state index is 10.8. The summed E-state index contributed by atoms with van der Waals surface area (Å²) in [5, 5.41) is 13.9. The van der Waals surface area contributed by atoms with Crippen LogP contribution in [0, 0.1) is 10.1 Å². The zero-order valence-corrected chi connectivity index (χ0v) is 12.3. The number of hydrogen-bond acceptors (Lipinski definition) is 5. The molecule has 0 bridgehead atoms. The molecule has 2 rings (SSSR count). The summed E-state index contributed by atoms with van der Waals surface area (Å²) in [7, 11) is 1.52. The molecule has 1 N–H and O–H groups in total. The quantitative estimate of drug-likeness (QED) is 0.514. The lowest BCUT2D eigenvalue weighted by Crippen LogP contribution is -2.03. The number of methoxy groups -OCH3 is 1. The molecule has 1 aromatic carbocycles. The molecule has 7 heteroatoms. The second kappa shape index (κ2) is 6.33. The van der Waals surface area contributed by atoms with Gasteiger partial charge < -0.3 is 10.1 Å². The van der Waals surface area contributed by atoms with E-state index in [1.807, 2.05) is 18.2 Å². The standard InChI is InChI=1S/C13H12BrN3O3/c1-20-12-6-5-10(17(18)19)7-11(12)15-8-9-3-2-4-13(14)16-9/h2-7,15H,8H2,1H3. The number of nitrogens with one attached hydrogen (secondary N) is 1. The maximum atomic E-state index is 10.8. The minimum atomic E-state index is -0.442. The van der Waals surface area contributed by atoms with Gasteiger partial charge in [0.2, 0.25) is 0 Å². The Morgan fingerprint density at radius 3 is 2.85 bits per heavy atom. The molecule has 0 aliphatic heterocycles. The van der Waals surface area contributed by atoms with Gasteiger partial charge in [-0.3, -0.25) is 10.1 Å². The van der Waals surface area contributed by atoms with Crippen molar-refractivity contribution in [2.24, 2.45) is 0 Å². The van der Waals surface area contributed by atoms with Crippen LogP contribution in [0.5, 0.6) is 5.75 Å². The van der Waals surface area contributed by atoms with E-state index in [1.165, 1.54) is 19.2 Å². The van der Waals surface area contributed by atoms with Crippen molar-refractivity contribution in [2.75, 3.05) is 12.4 Å². The van der Waals surface area contributed by atoms with E-state index < -0.39 is 4.92 Å². The molecule has 0 spiro atoms. The van der Waals surface area contributed by atoms with Gasteiger partial charge in [0.05, 0.1) is 30.0 Å². The summed E-state index contributed by atoms with van der Waals surface area (Å²) >= 11 is 3.29. The van der Waals surface area contributed by atoms with Crippen molar-refractivity contribution in [1.82, 2.24) is 4.98 Å². The molecular formula is C13H12BrN3O3. The third kappa shape index (κ3) is 3.45. The van der Waals surface area contributed by atoms with Crippen LogP contribution in [0.4, 0.5) is 11.4 Å². The van der Waals surface area contributed by atoms with Crippen LogP contribution >= 0.6 is 15.9 Å². The highest BCUT2D eigenvalue weighted by Crippen LogP contribution is 2.29. The van der Waals surface area contributed by atoms with Gasteiger partial charge in [-0.1, -0.05) is 6.07 Å². The van der Waals surface area contributed by atoms with Gasteiger partial charge in [-0.25, -0.2) is 4.98 Å². The van der Waals surface area contributed by atoms with Crippen LogP contribution in [0.3, 0.4) is 0 Å². The third-order valence-electron chi connectivity index (χ3n) is 2.63. The zero-order chi connectivity index (χ0) is 14.5. The second-order valence-corrected chi connectivity index (χ2v) is 4.76. The van der Waals surface area contributed by atoms with E-state index in [-0.39, 0.29) is 5.69 Å². The zero-order valence-electron chi connectivity index (χ0n) is 10.7. The van der Waals surface area contributed by atoms with Gasteiger partial charge in [-0.2, -0.15) is 0 Å². The van der Waals surface area contributed by atoms with Gasteiger partial charge >= 0.3 is 0 Å². The molecule has 1 heterocycles. The molecular weight excluding hydrogens is 326 g/mol. The van der Waals surface area contributed by atoms with Crippen LogP contribution in [-0.2, 0) is 6.54 Å².